The Morgan fingerprint density at radius 2 is 2.21 bits per heavy atom. The van der Waals surface area contributed by atoms with E-state index in [1.165, 1.54) is 25.7 Å². The molecular formula is C11H16N2O. The number of aromatic amines is 1. The van der Waals surface area contributed by atoms with Gasteiger partial charge in [0.25, 0.3) is 0 Å². The average Bonchev–Trinajstić information content (AvgIpc) is 2.85. The molecule has 3 nitrogen and oxygen atoms in total. The lowest BCUT2D eigenvalue weighted by atomic mass is 9.99. The van der Waals surface area contributed by atoms with Crippen LogP contribution in [0.1, 0.15) is 60.3 Å². The Hall–Kier alpha value is -1.12. The zero-order chi connectivity index (χ0) is 9.97. The third-order valence-electron chi connectivity index (χ3n) is 3.13. The number of nitrogens with zero attached hydrogens (tertiary/aromatic N) is 1. The molecule has 0 spiro atoms. The molecule has 1 aliphatic rings. The van der Waals surface area contributed by atoms with Gasteiger partial charge in [-0.15, -0.1) is 0 Å². The molecule has 1 heterocycles. The molecule has 0 radical (unpaired) electrons. The minimum atomic E-state index is 0.520. The third-order valence-corrected chi connectivity index (χ3v) is 3.13. The van der Waals surface area contributed by atoms with Gasteiger partial charge >= 0.3 is 0 Å². The summed E-state index contributed by atoms with van der Waals surface area (Å²) in [6.07, 6.45) is 6.74. The van der Waals surface area contributed by atoms with Gasteiger partial charge < -0.3 is 0 Å². The molecule has 1 aromatic heterocycles. The molecule has 1 N–H and O–H groups in total. The van der Waals surface area contributed by atoms with E-state index in [0.29, 0.717) is 5.92 Å². The molecule has 0 aliphatic heterocycles. The first-order chi connectivity index (χ1) is 6.86. The predicted octanol–water partition coefficient (Wildman–Crippen LogP) is 2.44. The number of aldehydes is 1. The van der Waals surface area contributed by atoms with E-state index >= 15 is 0 Å². The molecule has 0 atom stereocenters. The smallest absolute Gasteiger partial charge is 0.153 e. The Kier molecular flexibility index (Phi) is 2.66. The number of aromatic nitrogens is 2. The van der Waals surface area contributed by atoms with E-state index in [-0.39, 0.29) is 0 Å². The number of rotatable bonds is 3. The predicted molar refractivity (Wildman–Crippen MR) is 54.6 cm³/mol. The van der Waals surface area contributed by atoms with E-state index in [4.69, 9.17) is 0 Å². The lowest BCUT2D eigenvalue weighted by Crippen LogP contribution is -1.98. The monoisotopic (exact) mass is 192 g/mol. The van der Waals surface area contributed by atoms with Crippen molar-refractivity contribution in [2.45, 2.75) is 44.9 Å². The summed E-state index contributed by atoms with van der Waals surface area (Å²) in [5.74, 6) is 0.520. The Labute approximate surface area is 83.9 Å². The molecule has 0 saturated heterocycles. The van der Waals surface area contributed by atoms with Gasteiger partial charge in [-0.1, -0.05) is 19.8 Å². The first kappa shape index (κ1) is 9.44. The molecule has 0 unspecified atom stereocenters. The molecule has 1 aliphatic carbocycles. The van der Waals surface area contributed by atoms with E-state index in [1.54, 1.807) is 0 Å². The van der Waals surface area contributed by atoms with Gasteiger partial charge in [0.05, 0.1) is 11.3 Å². The van der Waals surface area contributed by atoms with Crippen molar-refractivity contribution >= 4 is 6.29 Å². The Morgan fingerprint density at radius 3 is 2.79 bits per heavy atom. The van der Waals surface area contributed by atoms with Gasteiger partial charge in [0.2, 0.25) is 0 Å². The topological polar surface area (TPSA) is 45.8 Å². The van der Waals surface area contributed by atoms with Crippen LogP contribution in [0.3, 0.4) is 0 Å². The van der Waals surface area contributed by atoms with Crippen LogP contribution in [0.5, 0.6) is 0 Å². The zero-order valence-corrected chi connectivity index (χ0v) is 8.55. The fraction of sp³-hybridized carbons (Fsp3) is 0.636. The fourth-order valence-electron chi connectivity index (χ4n) is 2.31. The average molecular weight is 192 g/mol. The van der Waals surface area contributed by atoms with E-state index < -0.39 is 0 Å². The highest BCUT2D eigenvalue weighted by Crippen LogP contribution is 2.34. The third kappa shape index (κ3) is 1.47. The van der Waals surface area contributed by atoms with Crippen LogP contribution >= 0.6 is 0 Å². The van der Waals surface area contributed by atoms with Crippen LogP contribution < -0.4 is 0 Å². The van der Waals surface area contributed by atoms with Crippen LogP contribution in [0.4, 0.5) is 0 Å². The second kappa shape index (κ2) is 3.95. The number of carbonyl (C=O) groups is 1. The summed E-state index contributed by atoms with van der Waals surface area (Å²) >= 11 is 0. The maximum atomic E-state index is 11.0. The van der Waals surface area contributed by atoms with Crippen molar-refractivity contribution in [1.82, 2.24) is 10.2 Å². The number of carbonyl (C=O) groups excluding carboxylic acids is 1. The van der Waals surface area contributed by atoms with E-state index in [2.05, 4.69) is 10.2 Å². The quantitative estimate of drug-likeness (QED) is 0.747. The minimum absolute atomic E-state index is 0.520. The van der Waals surface area contributed by atoms with Gasteiger partial charge in [-0.25, -0.2) is 0 Å². The number of aryl methyl sites for hydroxylation is 1. The van der Waals surface area contributed by atoms with Crippen LogP contribution in [-0.4, -0.2) is 16.5 Å². The normalized spacial score (nSPS) is 17.5. The number of H-pyrrole nitrogens is 1. The van der Waals surface area contributed by atoms with Gasteiger partial charge in [0, 0.05) is 11.6 Å². The maximum Gasteiger partial charge on any atom is 0.153 e. The van der Waals surface area contributed by atoms with Gasteiger partial charge in [0.15, 0.2) is 6.29 Å². The lowest BCUT2D eigenvalue weighted by molar-refractivity contribution is 0.112. The molecular weight excluding hydrogens is 176 g/mol. The highest BCUT2D eigenvalue weighted by atomic mass is 16.1. The number of hydrogen-bond acceptors (Lipinski definition) is 2. The van der Waals surface area contributed by atoms with Crippen LogP contribution in [0, 0.1) is 0 Å². The second-order valence-corrected chi connectivity index (χ2v) is 3.95. The number of nitrogens with one attached hydrogen (secondary N) is 1. The highest BCUT2D eigenvalue weighted by Gasteiger charge is 2.23. The first-order valence-corrected chi connectivity index (χ1v) is 5.39. The van der Waals surface area contributed by atoms with Crippen molar-refractivity contribution in [3.05, 3.63) is 17.0 Å². The van der Waals surface area contributed by atoms with Crippen LogP contribution in [0.25, 0.3) is 0 Å². The summed E-state index contributed by atoms with van der Waals surface area (Å²) in [7, 11) is 0. The molecule has 2 rings (SSSR count). The Bertz CT molecular complexity index is 324. The minimum Gasteiger partial charge on any atom is -0.298 e. The molecule has 3 heteroatoms. The van der Waals surface area contributed by atoms with E-state index in [9.17, 15) is 4.79 Å². The van der Waals surface area contributed by atoms with Crippen molar-refractivity contribution in [2.75, 3.05) is 0 Å². The van der Waals surface area contributed by atoms with Crippen molar-refractivity contribution in [2.24, 2.45) is 0 Å². The zero-order valence-electron chi connectivity index (χ0n) is 8.55. The second-order valence-electron chi connectivity index (χ2n) is 3.95. The van der Waals surface area contributed by atoms with Gasteiger partial charge in [0.1, 0.15) is 0 Å². The molecule has 76 valence electrons. The van der Waals surface area contributed by atoms with Crippen molar-refractivity contribution in [3.8, 4) is 0 Å². The van der Waals surface area contributed by atoms with E-state index in [0.717, 1.165) is 29.7 Å². The summed E-state index contributed by atoms with van der Waals surface area (Å²) in [5, 5.41) is 7.25. The summed E-state index contributed by atoms with van der Waals surface area (Å²) in [6.45, 7) is 2.04. The Balaban J connectivity index is 2.31. The lowest BCUT2D eigenvalue weighted by Gasteiger charge is -2.05. The summed E-state index contributed by atoms with van der Waals surface area (Å²) in [6, 6.07) is 0. The molecule has 14 heavy (non-hydrogen) atoms. The SMILES string of the molecule is CCc1[nH]nc(C2CCCC2)c1C=O. The number of hydrogen-bond donors (Lipinski definition) is 1. The first-order valence-electron chi connectivity index (χ1n) is 5.39. The van der Waals surface area contributed by atoms with Gasteiger partial charge in [-0.2, -0.15) is 5.10 Å². The van der Waals surface area contributed by atoms with Crippen molar-refractivity contribution in [3.63, 3.8) is 0 Å². The molecule has 0 amide bonds. The van der Waals surface area contributed by atoms with Crippen LogP contribution in [-0.2, 0) is 6.42 Å². The molecule has 0 aromatic carbocycles. The molecule has 1 saturated carbocycles. The van der Waals surface area contributed by atoms with E-state index in [1.807, 2.05) is 6.92 Å². The van der Waals surface area contributed by atoms with Crippen LogP contribution in [0.15, 0.2) is 0 Å². The van der Waals surface area contributed by atoms with Gasteiger partial charge in [-0.05, 0) is 19.3 Å². The molecule has 1 fully saturated rings. The van der Waals surface area contributed by atoms with Crippen LogP contribution in [0.2, 0.25) is 0 Å². The van der Waals surface area contributed by atoms with Crippen molar-refractivity contribution in [1.29, 1.82) is 0 Å². The maximum absolute atomic E-state index is 11.0. The largest absolute Gasteiger partial charge is 0.298 e. The summed E-state index contributed by atoms with van der Waals surface area (Å²) in [5.41, 5.74) is 2.82. The molecule has 0 bridgehead atoms. The summed E-state index contributed by atoms with van der Waals surface area (Å²) in [4.78, 5) is 11.0. The van der Waals surface area contributed by atoms with Crippen molar-refractivity contribution < 1.29 is 4.79 Å². The Morgan fingerprint density at radius 1 is 1.50 bits per heavy atom. The molecule has 1 aromatic rings. The van der Waals surface area contributed by atoms with Gasteiger partial charge in [-0.3, -0.25) is 9.89 Å². The summed E-state index contributed by atoms with van der Waals surface area (Å²) < 4.78 is 0. The standard InChI is InChI=1S/C11H16N2O/c1-2-10-9(7-14)11(13-12-10)8-5-3-4-6-8/h7-8H,2-6H2,1H3,(H,12,13). The fourth-order valence-corrected chi connectivity index (χ4v) is 2.31. The highest BCUT2D eigenvalue weighted by molar-refractivity contribution is 5.78.